The molecule has 5 nitrogen and oxygen atoms in total. The normalized spacial score (nSPS) is 25.0. The first kappa shape index (κ1) is 27.8. The van der Waals surface area contributed by atoms with E-state index in [0.29, 0.717) is 23.4 Å². The molecular weight excluding hydrogens is 494 g/mol. The van der Waals surface area contributed by atoms with Crippen molar-refractivity contribution in [2.75, 3.05) is 0 Å². The first-order valence-corrected chi connectivity index (χ1v) is 14.3. The van der Waals surface area contributed by atoms with Gasteiger partial charge in [-0.25, -0.2) is 9.73 Å². The average Bonchev–Trinajstić information content (AvgIpc) is 3.47. The maximum absolute atomic E-state index is 10.5. The summed E-state index contributed by atoms with van der Waals surface area (Å²) in [6, 6.07) is 20.4. The fraction of sp³-hybridized carbons (Fsp3) is 0.371. The van der Waals surface area contributed by atoms with Crippen molar-refractivity contribution in [3.8, 4) is 11.1 Å². The van der Waals surface area contributed by atoms with Gasteiger partial charge < -0.3 is 4.98 Å². The lowest BCUT2D eigenvalue weighted by atomic mass is 9.65. The van der Waals surface area contributed by atoms with Crippen LogP contribution in [-0.4, -0.2) is 22.1 Å². The molecule has 3 atom stereocenters. The number of aromatic amines is 1. The summed E-state index contributed by atoms with van der Waals surface area (Å²) < 4.78 is 0. The maximum atomic E-state index is 10.5. The fourth-order valence-electron chi connectivity index (χ4n) is 7.30. The van der Waals surface area contributed by atoms with E-state index in [2.05, 4.69) is 49.7 Å². The van der Waals surface area contributed by atoms with Gasteiger partial charge in [0, 0.05) is 33.8 Å². The van der Waals surface area contributed by atoms with Crippen LogP contribution in [0.1, 0.15) is 64.4 Å². The van der Waals surface area contributed by atoms with Gasteiger partial charge in [-0.15, -0.1) is 0 Å². The summed E-state index contributed by atoms with van der Waals surface area (Å²) in [4.78, 5) is 18.0. The van der Waals surface area contributed by atoms with E-state index in [4.69, 9.17) is 16.5 Å². The number of hydrogen-bond donors (Lipinski definition) is 2. The van der Waals surface area contributed by atoms with Gasteiger partial charge in [0.15, 0.2) is 0 Å². The number of hydrogen-bond acceptors (Lipinski definition) is 3. The van der Waals surface area contributed by atoms with Crippen molar-refractivity contribution in [1.82, 2.24) is 4.98 Å². The Hall–Kier alpha value is -3.72. The standard InChI is InChI=1S/C35H39N3O2/c1-20-18-21(2)28(22(3)19-20)35(40-39)29-24(5)37-32(30(29)26-14-10-8-11-15-26)23(4)33-31(27-16-12-9-13-17-27)34(36-7)25(6)38-33/h8-17,20-22,28,35,38-39H,18-19H2,1-6H3. The number of aromatic nitrogens is 1. The monoisotopic (exact) mass is 533 g/mol. The van der Waals surface area contributed by atoms with Gasteiger partial charge in [-0.05, 0) is 74.0 Å². The Morgan fingerprint density at radius 1 is 0.975 bits per heavy atom. The summed E-state index contributed by atoms with van der Waals surface area (Å²) in [5, 5.41) is 10.5. The number of nitrogens with zero attached hydrogens (tertiary/aromatic N) is 2. The molecule has 3 unspecified atom stereocenters. The highest BCUT2D eigenvalue weighted by molar-refractivity contribution is 6.16. The summed E-state index contributed by atoms with van der Waals surface area (Å²) in [7, 11) is 0. The van der Waals surface area contributed by atoms with E-state index >= 15 is 0 Å². The van der Waals surface area contributed by atoms with E-state index < -0.39 is 6.10 Å². The van der Waals surface area contributed by atoms with Crippen LogP contribution in [0.25, 0.3) is 27.1 Å². The summed E-state index contributed by atoms with van der Waals surface area (Å²) in [6.45, 7) is 20.9. The fourth-order valence-corrected chi connectivity index (χ4v) is 7.30. The van der Waals surface area contributed by atoms with Gasteiger partial charge in [0.1, 0.15) is 6.10 Å². The van der Waals surface area contributed by atoms with Crippen LogP contribution in [0.2, 0.25) is 0 Å². The Balaban J connectivity index is 1.76. The van der Waals surface area contributed by atoms with Crippen LogP contribution >= 0.6 is 0 Å². The number of nitrogens with one attached hydrogen (secondary N) is 1. The van der Waals surface area contributed by atoms with Crippen LogP contribution in [0.5, 0.6) is 0 Å². The van der Waals surface area contributed by atoms with Crippen LogP contribution in [0.15, 0.2) is 76.9 Å². The van der Waals surface area contributed by atoms with Crippen LogP contribution in [0.3, 0.4) is 0 Å². The lowest BCUT2D eigenvalue weighted by Gasteiger charge is -2.41. The molecule has 0 saturated heterocycles. The molecule has 1 fully saturated rings. The molecule has 2 heterocycles. The van der Waals surface area contributed by atoms with Crippen molar-refractivity contribution < 1.29 is 10.1 Å². The topological polar surface area (TPSA) is 62.0 Å². The number of H-pyrrole nitrogens is 1. The van der Waals surface area contributed by atoms with Crippen LogP contribution < -0.4 is 0 Å². The molecule has 40 heavy (non-hydrogen) atoms. The first-order valence-electron chi connectivity index (χ1n) is 14.3. The number of allylic oxidation sites excluding steroid dienone is 2. The molecule has 0 spiro atoms. The van der Waals surface area contributed by atoms with E-state index in [1.165, 1.54) is 0 Å². The first-order chi connectivity index (χ1) is 19.3. The van der Waals surface area contributed by atoms with Gasteiger partial charge in [0.05, 0.1) is 12.3 Å². The van der Waals surface area contributed by atoms with Crippen LogP contribution in [-0.2, 0) is 4.89 Å². The van der Waals surface area contributed by atoms with Crippen molar-refractivity contribution in [3.63, 3.8) is 0 Å². The second-order valence-electron chi connectivity index (χ2n) is 11.8. The molecule has 206 valence electrons. The van der Waals surface area contributed by atoms with E-state index in [1.807, 2.05) is 62.4 Å². The molecule has 5 heteroatoms. The Morgan fingerprint density at radius 3 is 2.10 bits per heavy atom. The molecule has 0 bridgehead atoms. The highest BCUT2D eigenvalue weighted by Crippen LogP contribution is 2.48. The second kappa shape index (κ2) is 11.4. The Kier molecular flexibility index (Phi) is 7.94. The van der Waals surface area contributed by atoms with Crippen molar-refractivity contribution in [2.24, 2.45) is 28.7 Å². The van der Waals surface area contributed by atoms with Crippen LogP contribution in [0.4, 0.5) is 5.69 Å². The molecule has 1 aromatic heterocycles. The SMILES string of the molecule is [C-]#[N+]c1c(C)[nH]c(C(C)=C2N=C(C)C(C(OO)C3C(C)CC(C)CC3C)=C2c2ccccc2)c1-c1ccccc1. The minimum Gasteiger partial charge on any atom is -0.369 e. The predicted molar refractivity (Wildman–Crippen MR) is 164 cm³/mol. The third kappa shape index (κ3) is 4.87. The van der Waals surface area contributed by atoms with Crippen molar-refractivity contribution in [3.05, 3.63) is 100 Å². The van der Waals surface area contributed by atoms with E-state index in [9.17, 15) is 5.26 Å². The molecule has 5 rings (SSSR count). The highest BCUT2D eigenvalue weighted by atomic mass is 17.1. The lowest BCUT2D eigenvalue weighted by Crippen LogP contribution is -2.40. The molecular formula is C35H39N3O2. The van der Waals surface area contributed by atoms with Gasteiger partial charge in [0.25, 0.3) is 0 Å². The largest absolute Gasteiger partial charge is 0.369 e. The minimum absolute atomic E-state index is 0.168. The Morgan fingerprint density at radius 2 is 1.55 bits per heavy atom. The summed E-state index contributed by atoms with van der Waals surface area (Å²) in [6.07, 6.45) is 1.74. The van der Waals surface area contributed by atoms with Gasteiger partial charge in [-0.3, -0.25) is 10.2 Å². The molecule has 3 aromatic rings. The Labute approximate surface area is 238 Å². The zero-order valence-electron chi connectivity index (χ0n) is 24.3. The van der Waals surface area contributed by atoms with Gasteiger partial charge in [-0.1, -0.05) is 81.4 Å². The number of benzene rings is 2. The summed E-state index contributed by atoms with van der Waals surface area (Å²) >= 11 is 0. The smallest absolute Gasteiger partial charge is 0.215 e. The Bertz CT molecular complexity index is 1510. The lowest BCUT2D eigenvalue weighted by molar-refractivity contribution is -0.287. The summed E-state index contributed by atoms with van der Waals surface area (Å²) in [5.41, 5.74) is 9.89. The predicted octanol–water partition coefficient (Wildman–Crippen LogP) is 9.38. The van der Waals surface area contributed by atoms with Crippen molar-refractivity contribution in [2.45, 2.75) is 60.5 Å². The molecule has 2 aromatic carbocycles. The summed E-state index contributed by atoms with van der Waals surface area (Å²) in [5.74, 6) is 1.63. The third-order valence-corrected chi connectivity index (χ3v) is 8.91. The highest BCUT2D eigenvalue weighted by Gasteiger charge is 2.43. The molecule has 1 aliphatic heterocycles. The maximum Gasteiger partial charge on any atom is 0.215 e. The zero-order valence-corrected chi connectivity index (χ0v) is 24.3. The van der Waals surface area contributed by atoms with Crippen molar-refractivity contribution in [1.29, 1.82) is 0 Å². The second-order valence-corrected chi connectivity index (χ2v) is 11.8. The number of aryl methyl sites for hydroxylation is 1. The average molecular weight is 534 g/mol. The molecule has 0 amide bonds. The van der Waals surface area contributed by atoms with Gasteiger partial charge in [0.2, 0.25) is 5.69 Å². The zero-order chi connectivity index (χ0) is 28.6. The third-order valence-electron chi connectivity index (χ3n) is 8.91. The minimum atomic E-state index is -0.487. The molecule has 2 aliphatic rings. The molecule has 2 N–H and O–H groups in total. The van der Waals surface area contributed by atoms with Crippen LogP contribution in [0, 0.1) is 37.2 Å². The van der Waals surface area contributed by atoms with E-state index in [1.54, 1.807) is 0 Å². The molecule has 0 radical (unpaired) electrons. The quantitative estimate of drug-likeness (QED) is 0.188. The number of rotatable bonds is 6. The molecule has 1 saturated carbocycles. The van der Waals surface area contributed by atoms with E-state index in [-0.39, 0.29) is 5.92 Å². The van der Waals surface area contributed by atoms with Gasteiger partial charge >= 0.3 is 0 Å². The van der Waals surface area contributed by atoms with Gasteiger partial charge in [-0.2, -0.15) is 0 Å². The molecule has 1 aliphatic carbocycles. The van der Waals surface area contributed by atoms with Crippen molar-refractivity contribution >= 4 is 22.5 Å². The number of aliphatic imine (C=N–C) groups is 1. The van der Waals surface area contributed by atoms with E-state index in [0.717, 1.165) is 69.0 Å².